The number of sulfonamides is 1. The van der Waals surface area contributed by atoms with Gasteiger partial charge in [0.15, 0.2) is 0 Å². The number of aryl methyl sites for hydroxylation is 1. The first-order valence-electron chi connectivity index (χ1n) is 7.38. The summed E-state index contributed by atoms with van der Waals surface area (Å²) < 4.78 is 32.4. The summed E-state index contributed by atoms with van der Waals surface area (Å²) in [4.78, 5) is 2.42. The van der Waals surface area contributed by atoms with E-state index in [1.54, 1.807) is 6.92 Å². The Hall–Kier alpha value is -0.890. The van der Waals surface area contributed by atoms with Gasteiger partial charge in [0.2, 0.25) is 10.0 Å². The molecule has 1 aliphatic heterocycles. The summed E-state index contributed by atoms with van der Waals surface area (Å²) in [6.07, 6.45) is 3.61. The minimum absolute atomic E-state index is 0.109. The standard InChI is InChI=1S/C14H24N2O4S/c1-11(16-6-4-3-5-7-16)9-15-21(18,19)14-8-13(10-17)20-12(14)2/h8,11,15,17H,3-7,9-10H2,1-2H3. The van der Waals surface area contributed by atoms with Gasteiger partial charge in [-0.25, -0.2) is 13.1 Å². The molecule has 120 valence electrons. The van der Waals surface area contributed by atoms with Crippen molar-refractivity contribution in [1.29, 1.82) is 0 Å². The van der Waals surface area contributed by atoms with Gasteiger partial charge >= 0.3 is 0 Å². The van der Waals surface area contributed by atoms with Crippen LogP contribution in [0.5, 0.6) is 0 Å². The van der Waals surface area contributed by atoms with E-state index in [0.717, 1.165) is 13.1 Å². The zero-order valence-corrected chi connectivity index (χ0v) is 13.4. The van der Waals surface area contributed by atoms with E-state index >= 15 is 0 Å². The molecule has 6 nitrogen and oxygen atoms in total. The van der Waals surface area contributed by atoms with Crippen LogP contribution in [0, 0.1) is 6.92 Å². The summed E-state index contributed by atoms with van der Waals surface area (Å²) in [5.41, 5.74) is 0. The highest BCUT2D eigenvalue weighted by Gasteiger charge is 2.23. The zero-order valence-electron chi connectivity index (χ0n) is 12.6. The summed E-state index contributed by atoms with van der Waals surface area (Å²) in [7, 11) is -3.60. The second kappa shape index (κ2) is 6.91. The molecule has 0 aliphatic carbocycles. The van der Waals surface area contributed by atoms with Gasteiger partial charge in [0.25, 0.3) is 0 Å². The van der Waals surface area contributed by atoms with Crippen molar-refractivity contribution in [3.63, 3.8) is 0 Å². The van der Waals surface area contributed by atoms with E-state index in [2.05, 4.69) is 9.62 Å². The number of aliphatic hydroxyl groups excluding tert-OH is 1. The summed E-state index contributed by atoms with van der Waals surface area (Å²) >= 11 is 0. The number of furan rings is 1. The highest BCUT2D eigenvalue weighted by Crippen LogP contribution is 2.20. The molecule has 0 saturated carbocycles. The normalized spacial score (nSPS) is 18.8. The van der Waals surface area contributed by atoms with E-state index in [4.69, 9.17) is 9.52 Å². The molecule has 1 unspecified atom stereocenters. The van der Waals surface area contributed by atoms with Crippen LogP contribution < -0.4 is 4.72 Å². The summed E-state index contributed by atoms with van der Waals surface area (Å²) in [6.45, 7) is 5.75. The lowest BCUT2D eigenvalue weighted by Crippen LogP contribution is -2.44. The van der Waals surface area contributed by atoms with Crippen LogP contribution in [0.15, 0.2) is 15.4 Å². The smallest absolute Gasteiger partial charge is 0.244 e. The Morgan fingerprint density at radius 3 is 2.62 bits per heavy atom. The number of nitrogens with one attached hydrogen (secondary N) is 1. The van der Waals surface area contributed by atoms with Crippen molar-refractivity contribution in [1.82, 2.24) is 9.62 Å². The number of aliphatic hydroxyl groups is 1. The van der Waals surface area contributed by atoms with Crippen LogP contribution in [-0.4, -0.2) is 44.1 Å². The third-order valence-corrected chi connectivity index (χ3v) is 5.48. The average molecular weight is 316 g/mol. The number of rotatable bonds is 6. The van der Waals surface area contributed by atoms with Gasteiger partial charge in [-0.1, -0.05) is 6.42 Å². The molecule has 2 heterocycles. The number of likely N-dealkylation sites (tertiary alicyclic amines) is 1. The number of hydrogen-bond donors (Lipinski definition) is 2. The fourth-order valence-corrected chi connectivity index (χ4v) is 3.99. The van der Waals surface area contributed by atoms with Crippen molar-refractivity contribution in [2.45, 2.75) is 50.7 Å². The predicted octanol–water partition coefficient (Wildman–Crippen LogP) is 1.23. The van der Waals surface area contributed by atoms with E-state index < -0.39 is 10.0 Å². The summed E-state index contributed by atoms with van der Waals surface area (Å²) in [5, 5.41) is 9.01. The maximum atomic E-state index is 12.3. The largest absolute Gasteiger partial charge is 0.462 e. The molecule has 2 N–H and O–H groups in total. The van der Waals surface area contributed by atoms with Gasteiger partial charge in [0.05, 0.1) is 0 Å². The molecule has 0 amide bonds. The first kappa shape index (κ1) is 16.5. The first-order valence-corrected chi connectivity index (χ1v) is 8.86. The Balaban J connectivity index is 1.98. The van der Waals surface area contributed by atoms with Crippen LogP contribution >= 0.6 is 0 Å². The Bertz CT molecular complexity index is 562. The first-order chi connectivity index (χ1) is 9.94. The summed E-state index contributed by atoms with van der Waals surface area (Å²) in [5.74, 6) is 0.564. The van der Waals surface area contributed by atoms with Gasteiger partial charge in [-0.2, -0.15) is 0 Å². The Labute approximate surface area is 126 Å². The molecule has 0 radical (unpaired) electrons. The van der Waals surface area contributed by atoms with E-state index in [9.17, 15) is 8.42 Å². The van der Waals surface area contributed by atoms with Gasteiger partial charge < -0.3 is 9.52 Å². The molecule has 1 atom stereocenters. The molecule has 2 rings (SSSR count). The van der Waals surface area contributed by atoms with Crippen molar-refractivity contribution in [2.75, 3.05) is 19.6 Å². The van der Waals surface area contributed by atoms with Crippen LogP contribution in [0.4, 0.5) is 0 Å². The van der Waals surface area contributed by atoms with Crippen LogP contribution in [-0.2, 0) is 16.6 Å². The van der Waals surface area contributed by atoms with Crippen molar-refractivity contribution in [2.24, 2.45) is 0 Å². The van der Waals surface area contributed by atoms with Gasteiger partial charge in [0.1, 0.15) is 23.0 Å². The fourth-order valence-electron chi connectivity index (χ4n) is 2.67. The minimum Gasteiger partial charge on any atom is -0.462 e. The van der Waals surface area contributed by atoms with Crippen molar-refractivity contribution in [3.8, 4) is 0 Å². The van der Waals surface area contributed by atoms with Gasteiger partial charge in [-0.3, -0.25) is 4.90 Å². The van der Waals surface area contributed by atoms with Crippen LogP contribution in [0.2, 0.25) is 0 Å². The SMILES string of the molecule is Cc1oc(CO)cc1S(=O)(=O)NCC(C)N1CCCCC1. The highest BCUT2D eigenvalue weighted by atomic mass is 32.2. The topological polar surface area (TPSA) is 82.8 Å². The third kappa shape index (κ3) is 4.06. The lowest BCUT2D eigenvalue weighted by Gasteiger charge is -2.32. The van der Waals surface area contributed by atoms with Gasteiger partial charge in [-0.05, 0) is 39.8 Å². The van der Waals surface area contributed by atoms with E-state index in [1.165, 1.54) is 25.3 Å². The second-order valence-electron chi connectivity index (χ2n) is 5.59. The minimum atomic E-state index is -3.60. The molecule has 1 saturated heterocycles. The zero-order chi connectivity index (χ0) is 15.5. The number of hydrogen-bond acceptors (Lipinski definition) is 5. The maximum Gasteiger partial charge on any atom is 0.244 e. The Morgan fingerprint density at radius 1 is 1.38 bits per heavy atom. The lowest BCUT2D eigenvalue weighted by atomic mass is 10.1. The van der Waals surface area contributed by atoms with E-state index in [-0.39, 0.29) is 23.3 Å². The van der Waals surface area contributed by atoms with Crippen molar-refractivity contribution in [3.05, 3.63) is 17.6 Å². The van der Waals surface area contributed by atoms with E-state index in [0.29, 0.717) is 12.3 Å². The van der Waals surface area contributed by atoms with Crippen LogP contribution in [0.1, 0.15) is 37.7 Å². The number of nitrogens with zero attached hydrogens (tertiary/aromatic N) is 1. The molecule has 0 aromatic carbocycles. The van der Waals surface area contributed by atoms with Gasteiger partial charge in [0, 0.05) is 18.7 Å². The lowest BCUT2D eigenvalue weighted by molar-refractivity contribution is 0.175. The average Bonchev–Trinajstić information content (AvgIpc) is 2.88. The molecular formula is C14H24N2O4S. The van der Waals surface area contributed by atoms with Gasteiger partial charge in [-0.15, -0.1) is 0 Å². The molecule has 1 aromatic heterocycles. The van der Waals surface area contributed by atoms with Crippen LogP contribution in [0.3, 0.4) is 0 Å². The monoisotopic (exact) mass is 316 g/mol. The second-order valence-corrected chi connectivity index (χ2v) is 7.32. The quantitative estimate of drug-likeness (QED) is 0.825. The summed E-state index contributed by atoms with van der Waals surface area (Å²) in [6, 6.07) is 1.55. The molecule has 1 aliphatic rings. The van der Waals surface area contributed by atoms with E-state index in [1.807, 2.05) is 6.92 Å². The predicted molar refractivity (Wildman–Crippen MR) is 79.4 cm³/mol. The molecule has 0 spiro atoms. The Morgan fingerprint density at radius 2 is 2.05 bits per heavy atom. The molecule has 7 heteroatoms. The van der Waals surface area contributed by atoms with Crippen molar-refractivity contribution >= 4 is 10.0 Å². The fraction of sp³-hybridized carbons (Fsp3) is 0.714. The number of piperidine rings is 1. The molecule has 21 heavy (non-hydrogen) atoms. The molecule has 1 aromatic rings. The third-order valence-electron chi connectivity index (χ3n) is 3.95. The highest BCUT2D eigenvalue weighted by molar-refractivity contribution is 7.89. The maximum absolute atomic E-state index is 12.3. The Kier molecular flexibility index (Phi) is 5.43. The molecule has 0 bridgehead atoms. The van der Waals surface area contributed by atoms with Crippen molar-refractivity contribution < 1.29 is 17.9 Å². The van der Waals surface area contributed by atoms with Crippen LogP contribution in [0.25, 0.3) is 0 Å². The molecular weight excluding hydrogens is 292 g/mol. The molecule has 1 fully saturated rings.